The van der Waals surface area contributed by atoms with Crippen LogP contribution in [0, 0.1) is 13.8 Å². The number of aromatic nitrogens is 1. The summed E-state index contributed by atoms with van der Waals surface area (Å²) in [6, 6.07) is 7.41. The Hall–Kier alpha value is -1.48. The summed E-state index contributed by atoms with van der Waals surface area (Å²) in [5, 5.41) is 6.96. The van der Waals surface area contributed by atoms with Crippen LogP contribution in [-0.4, -0.2) is 30.6 Å². The maximum absolute atomic E-state index is 6.09. The Morgan fingerprint density at radius 3 is 2.64 bits per heavy atom. The first-order chi connectivity index (χ1) is 11.5. The summed E-state index contributed by atoms with van der Waals surface area (Å²) in [5.41, 5.74) is 0.900. The number of hydrogen-bond donors (Lipinski definition) is 2. The maximum atomic E-state index is 6.09. The molecule has 0 aliphatic rings. The molecule has 25 heavy (non-hydrogen) atoms. The van der Waals surface area contributed by atoms with Crippen LogP contribution in [0.2, 0.25) is 5.02 Å². The van der Waals surface area contributed by atoms with Gasteiger partial charge in [-0.3, -0.25) is 4.99 Å². The van der Waals surface area contributed by atoms with Crippen LogP contribution in [0.15, 0.2) is 33.7 Å². The molecular weight excluding hydrogens is 455 g/mol. The van der Waals surface area contributed by atoms with Crippen molar-refractivity contribution < 1.29 is 9.15 Å². The number of benzene rings is 1. The van der Waals surface area contributed by atoms with Gasteiger partial charge in [0.05, 0.1) is 23.8 Å². The second-order valence-electron chi connectivity index (χ2n) is 5.41. The minimum absolute atomic E-state index is 0. The fourth-order valence-electron chi connectivity index (χ4n) is 2.03. The molecule has 0 fully saturated rings. The fraction of sp³-hybridized carbons (Fsp3) is 0.412. The molecule has 2 aromatic rings. The van der Waals surface area contributed by atoms with Gasteiger partial charge in [-0.2, -0.15) is 0 Å². The highest BCUT2D eigenvalue weighted by Crippen LogP contribution is 2.23. The SMILES string of the molecule is CN=C(NCc1nc(C)c(C)o1)NCC(C)Oc1ccccc1Cl.I. The van der Waals surface area contributed by atoms with Crippen LogP contribution in [0.1, 0.15) is 24.3 Å². The van der Waals surface area contributed by atoms with Gasteiger partial charge in [0.1, 0.15) is 17.6 Å². The smallest absolute Gasteiger partial charge is 0.214 e. The van der Waals surface area contributed by atoms with Crippen LogP contribution in [0.4, 0.5) is 0 Å². The van der Waals surface area contributed by atoms with Gasteiger partial charge in [0, 0.05) is 7.05 Å². The van der Waals surface area contributed by atoms with Crippen LogP contribution in [-0.2, 0) is 6.54 Å². The number of hydrogen-bond acceptors (Lipinski definition) is 4. The summed E-state index contributed by atoms with van der Waals surface area (Å²) in [5.74, 6) is 2.78. The highest BCUT2D eigenvalue weighted by atomic mass is 127. The number of halogens is 2. The number of aryl methyl sites for hydroxylation is 2. The molecule has 0 aliphatic heterocycles. The minimum Gasteiger partial charge on any atom is -0.487 e. The van der Waals surface area contributed by atoms with E-state index in [4.69, 9.17) is 20.8 Å². The summed E-state index contributed by atoms with van der Waals surface area (Å²) in [6.45, 7) is 6.82. The lowest BCUT2D eigenvalue weighted by molar-refractivity contribution is 0.224. The zero-order valence-electron chi connectivity index (χ0n) is 14.8. The van der Waals surface area contributed by atoms with Crippen molar-refractivity contribution >= 4 is 41.5 Å². The van der Waals surface area contributed by atoms with E-state index in [1.54, 1.807) is 13.1 Å². The number of ether oxygens (including phenoxy) is 1. The Labute approximate surface area is 170 Å². The normalized spacial score (nSPS) is 12.3. The van der Waals surface area contributed by atoms with Gasteiger partial charge >= 0.3 is 0 Å². The monoisotopic (exact) mass is 478 g/mol. The van der Waals surface area contributed by atoms with Gasteiger partial charge in [-0.25, -0.2) is 4.98 Å². The van der Waals surface area contributed by atoms with Crippen LogP contribution < -0.4 is 15.4 Å². The summed E-state index contributed by atoms with van der Waals surface area (Å²) >= 11 is 6.09. The lowest BCUT2D eigenvalue weighted by Gasteiger charge is -2.18. The van der Waals surface area contributed by atoms with Crippen molar-refractivity contribution in [3.05, 3.63) is 46.6 Å². The molecule has 1 aromatic carbocycles. The lowest BCUT2D eigenvalue weighted by Crippen LogP contribution is -2.41. The van der Waals surface area contributed by atoms with Crippen molar-refractivity contribution in [2.24, 2.45) is 4.99 Å². The molecule has 1 heterocycles. The zero-order valence-corrected chi connectivity index (χ0v) is 17.9. The first-order valence-electron chi connectivity index (χ1n) is 7.78. The molecule has 1 unspecified atom stereocenters. The molecule has 0 bridgehead atoms. The molecule has 8 heteroatoms. The fourth-order valence-corrected chi connectivity index (χ4v) is 2.21. The van der Waals surface area contributed by atoms with E-state index >= 15 is 0 Å². The zero-order chi connectivity index (χ0) is 17.5. The first-order valence-corrected chi connectivity index (χ1v) is 8.16. The lowest BCUT2D eigenvalue weighted by atomic mass is 10.3. The van der Waals surface area contributed by atoms with E-state index < -0.39 is 0 Å². The highest BCUT2D eigenvalue weighted by Gasteiger charge is 2.09. The predicted octanol–water partition coefficient (Wildman–Crippen LogP) is 3.70. The molecule has 0 aliphatic carbocycles. The average Bonchev–Trinajstić information content (AvgIpc) is 2.88. The Bertz CT molecular complexity index is 686. The van der Waals surface area contributed by atoms with Gasteiger partial charge in [-0.05, 0) is 32.9 Å². The molecule has 0 radical (unpaired) electrons. The minimum atomic E-state index is -0.0744. The van der Waals surface area contributed by atoms with E-state index in [1.165, 1.54) is 0 Å². The average molecular weight is 479 g/mol. The van der Waals surface area contributed by atoms with Crippen LogP contribution in [0.3, 0.4) is 0 Å². The quantitative estimate of drug-likeness (QED) is 0.376. The van der Waals surface area contributed by atoms with Gasteiger partial charge < -0.3 is 19.8 Å². The molecule has 1 aromatic heterocycles. The second kappa shape index (κ2) is 10.5. The largest absolute Gasteiger partial charge is 0.487 e. The first kappa shape index (κ1) is 21.6. The van der Waals surface area contributed by atoms with Crippen molar-refractivity contribution in [2.75, 3.05) is 13.6 Å². The highest BCUT2D eigenvalue weighted by molar-refractivity contribution is 14.0. The molecule has 6 nitrogen and oxygen atoms in total. The van der Waals surface area contributed by atoms with Crippen LogP contribution in [0.25, 0.3) is 0 Å². The number of para-hydroxylation sites is 1. The van der Waals surface area contributed by atoms with Crippen molar-refractivity contribution in [3.63, 3.8) is 0 Å². The van der Waals surface area contributed by atoms with E-state index in [2.05, 4.69) is 20.6 Å². The molecule has 2 N–H and O–H groups in total. The van der Waals surface area contributed by atoms with E-state index in [9.17, 15) is 0 Å². The van der Waals surface area contributed by atoms with E-state index in [0.29, 0.717) is 35.7 Å². The molecule has 138 valence electrons. The third-order valence-electron chi connectivity index (χ3n) is 3.43. The summed E-state index contributed by atoms with van der Waals surface area (Å²) < 4.78 is 11.3. The summed E-state index contributed by atoms with van der Waals surface area (Å²) in [6.07, 6.45) is -0.0744. The van der Waals surface area contributed by atoms with Crippen molar-refractivity contribution in [1.29, 1.82) is 0 Å². The summed E-state index contributed by atoms with van der Waals surface area (Å²) in [7, 11) is 1.71. The van der Waals surface area contributed by atoms with Gasteiger partial charge in [-0.15, -0.1) is 24.0 Å². The van der Waals surface area contributed by atoms with Crippen LogP contribution >= 0.6 is 35.6 Å². The molecular formula is C17H24ClIN4O2. The van der Waals surface area contributed by atoms with E-state index in [-0.39, 0.29) is 30.1 Å². The molecule has 0 saturated carbocycles. The van der Waals surface area contributed by atoms with Crippen molar-refractivity contribution in [3.8, 4) is 5.75 Å². The third-order valence-corrected chi connectivity index (χ3v) is 3.74. The van der Waals surface area contributed by atoms with Crippen LogP contribution in [0.5, 0.6) is 5.75 Å². The molecule has 0 saturated heterocycles. The standard InChI is InChI=1S/C17H23ClN4O2.HI/c1-11(23-15-8-6-5-7-14(15)18)9-20-17(19-4)21-10-16-22-12(2)13(3)24-16;/h5-8,11H,9-10H2,1-4H3,(H2,19,20,21);1H. The Morgan fingerprint density at radius 2 is 2.04 bits per heavy atom. The Kier molecular flexibility index (Phi) is 9.05. The molecule has 0 amide bonds. The number of nitrogens with zero attached hydrogens (tertiary/aromatic N) is 2. The predicted molar refractivity (Wildman–Crippen MR) is 111 cm³/mol. The topological polar surface area (TPSA) is 71.7 Å². The Balaban J connectivity index is 0.00000312. The van der Waals surface area contributed by atoms with Gasteiger partial charge in [-0.1, -0.05) is 23.7 Å². The third kappa shape index (κ3) is 6.74. The summed E-state index contributed by atoms with van der Waals surface area (Å²) in [4.78, 5) is 8.50. The second-order valence-corrected chi connectivity index (χ2v) is 5.82. The number of rotatable bonds is 6. The number of oxazole rings is 1. The Morgan fingerprint density at radius 1 is 1.32 bits per heavy atom. The molecule has 1 atom stereocenters. The maximum Gasteiger partial charge on any atom is 0.214 e. The van der Waals surface area contributed by atoms with E-state index in [0.717, 1.165) is 11.5 Å². The molecule has 0 spiro atoms. The van der Waals surface area contributed by atoms with Crippen molar-refractivity contribution in [1.82, 2.24) is 15.6 Å². The number of nitrogens with one attached hydrogen (secondary N) is 2. The van der Waals surface area contributed by atoms with Gasteiger partial charge in [0.2, 0.25) is 5.89 Å². The molecule has 2 rings (SSSR count). The number of aliphatic imine (C=N–C) groups is 1. The van der Waals surface area contributed by atoms with E-state index in [1.807, 2.05) is 39.0 Å². The van der Waals surface area contributed by atoms with Crippen molar-refractivity contribution in [2.45, 2.75) is 33.4 Å². The number of guanidine groups is 1. The van der Waals surface area contributed by atoms with Gasteiger partial charge in [0.15, 0.2) is 5.96 Å². The van der Waals surface area contributed by atoms with Gasteiger partial charge in [0.25, 0.3) is 0 Å².